The number of ether oxygens (including phenoxy) is 3. The van der Waals surface area contributed by atoms with Crippen molar-refractivity contribution in [3.63, 3.8) is 0 Å². The van der Waals surface area contributed by atoms with Gasteiger partial charge in [-0.3, -0.25) is 4.79 Å². The monoisotopic (exact) mass is 315 g/mol. The normalized spacial score (nSPS) is 11.4. The van der Waals surface area contributed by atoms with Gasteiger partial charge in [-0.25, -0.2) is 0 Å². The van der Waals surface area contributed by atoms with Gasteiger partial charge in [-0.1, -0.05) is 18.2 Å². The minimum atomic E-state index is -0.230. The Kier molecular flexibility index (Phi) is 5.86. The van der Waals surface area contributed by atoms with E-state index in [0.717, 1.165) is 5.56 Å². The number of rotatable bonds is 7. The number of carbonyl (C=O) groups excluding carboxylic acids is 1. The molecule has 2 aromatic carbocycles. The van der Waals surface area contributed by atoms with Crippen LogP contribution in [0.5, 0.6) is 17.2 Å². The van der Waals surface area contributed by atoms with Crippen LogP contribution in [0.15, 0.2) is 48.5 Å². The molecule has 2 aromatic rings. The Morgan fingerprint density at radius 1 is 1.04 bits per heavy atom. The van der Waals surface area contributed by atoms with Gasteiger partial charge in [0.15, 0.2) is 6.61 Å². The first-order valence-electron chi connectivity index (χ1n) is 7.33. The molecule has 23 heavy (non-hydrogen) atoms. The van der Waals surface area contributed by atoms with Crippen molar-refractivity contribution >= 4 is 5.91 Å². The molecule has 0 fully saturated rings. The van der Waals surface area contributed by atoms with E-state index in [4.69, 9.17) is 14.2 Å². The number of para-hydroxylation sites is 1. The zero-order chi connectivity index (χ0) is 16.7. The number of amides is 1. The zero-order valence-electron chi connectivity index (χ0n) is 13.5. The molecule has 122 valence electrons. The molecule has 0 heterocycles. The number of methoxy groups -OCH3 is 2. The van der Waals surface area contributed by atoms with Crippen molar-refractivity contribution in [2.45, 2.75) is 13.0 Å². The van der Waals surface area contributed by atoms with Gasteiger partial charge in [0.25, 0.3) is 5.91 Å². The first-order chi connectivity index (χ1) is 11.1. The summed E-state index contributed by atoms with van der Waals surface area (Å²) in [5.41, 5.74) is 0.847. The summed E-state index contributed by atoms with van der Waals surface area (Å²) in [6.45, 7) is 1.85. The van der Waals surface area contributed by atoms with Crippen LogP contribution in [0.25, 0.3) is 0 Å². The highest BCUT2D eigenvalue weighted by Gasteiger charge is 2.15. The van der Waals surface area contributed by atoms with Crippen molar-refractivity contribution in [1.82, 2.24) is 5.32 Å². The molecule has 0 aliphatic heterocycles. The second kappa shape index (κ2) is 8.08. The predicted octanol–water partition coefficient (Wildman–Crippen LogP) is 2.96. The first-order valence-corrected chi connectivity index (χ1v) is 7.33. The molecular weight excluding hydrogens is 294 g/mol. The Bertz CT molecular complexity index is 643. The Morgan fingerprint density at radius 3 is 2.43 bits per heavy atom. The summed E-state index contributed by atoms with van der Waals surface area (Å²) in [5, 5.41) is 2.89. The number of hydrogen-bond acceptors (Lipinski definition) is 4. The predicted molar refractivity (Wildman–Crippen MR) is 88.0 cm³/mol. The van der Waals surface area contributed by atoms with Gasteiger partial charge in [-0.15, -0.1) is 0 Å². The van der Waals surface area contributed by atoms with Crippen molar-refractivity contribution in [1.29, 1.82) is 0 Å². The number of nitrogens with one attached hydrogen (secondary N) is 1. The van der Waals surface area contributed by atoms with Gasteiger partial charge >= 0.3 is 0 Å². The highest BCUT2D eigenvalue weighted by Crippen LogP contribution is 2.29. The third-order valence-electron chi connectivity index (χ3n) is 3.39. The fourth-order valence-electron chi connectivity index (χ4n) is 2.20. The van der Waals surface area contributed by atoms with E-state index in [1.807, 2.05) is 55.5 Å². The summed E-state index contributed by atoms with van der Waals surface area (Å²) in [5.74, 6) is 1.87. The van der Waals surface area contributed by atoms with E-state index in [1.165, 1.54) is 0 Å². The van der Waals surface area contributed by atoms with Crippen molar-refractivity contribution < 1.29 is 19.0 Å². The molecule has 1 N–H and O–H groups in total. The van der Waals surface area contributed by atoms with Gasteiger partial charge in [-0.2, -0.15) is 0 Å². The largest absolute Gasteiger partial charge is 0.497 e. The zero-order valence-corrected chi connectivity index (χ0v) is 13.5. The fraction of sp³-hybridized carbons (Fsp3) is 0.278. The number of hydrogen-bond donors (Lipinski definition) is 1. The van der Waals surface area contributed by atoms with Crippen molar-refractivity contribution in [2.75, 3.05) is 20.8 Å². The average Bonchev–Trinajstić information content (AvgIpc) is 2.60. The summed E-state index contributed by atoms with van der Waals surface area (Å²) < 4.78 is 16.0. The molecule has 1 unspecified atom stereocenters. The molecular formula is C18H21NO4. The summed E-state index contributed by atoms with van der Waals surface area (Å²) in [4.78, 5) is 12.0. The SMILES string of the molecule is COc1ccc(OC)c(C(C)NC(=O)COc2ccccc2)c1. The third-order valence-corrected chi connectivity index (χ3v) is 3.39. The Labute approximate surface area is 136 Å². The van der Waals surface area contributed by atoms with Gasteiger partial charge in [-0.05, 0) is 37.3 Å². The quantitative estimate of drug-likeness (QED) is 0.853. The molecule has 0 aliphatic rings. The standard InChI is InChI=1S/C18H21NO4/c1-13(16-11-15(21-2)9-10-17(16)22-3)19-18(20)12-23-14-7-5-4-6-8-14/h4-11,13H,12H2,1-3H3,(H,19,20). The van der Waals surface area contributed by atoms with Crippen LogP contribution in [0.1, 0.15) is 18.5 Å². The lowest BCUT2D eigenvalue weighted by molar-refractivity contribution is -0.123. The molecule has 0 bridgehead atoms. The van der Waals surface area contributed by atoms with Crippen LogP contribution in [-0.2, 0) is 4.79 Å². The van der Waals surface area contributed by atoms with Crippen LogP contribution in [0, 0.1) is 0 Å². The lowest BCUT2D eigenvalue weighted by Gasteiger charge is -2.18. The Morgan fingerprint density at radius 2 is 1.78 bits per heavy atom. The maximum Gasteiger partial charge on any atom is 0.258 e. The number of carbonyl (C=O) groups is 1. The molecule has 0 saturated heterocycles. The number of benzene rings is 2. The fourth-order valence-corrected chi connectivity index (χ4v) is 2.20. The lowest BCUT2D eigenvalue weighted by Crippen LogP contribution is -2.31. The molecule has 2 rings (SSSR count). The second-order valence-corrected chi connectivity index (χ2v) is 5.00. The van der Waals surface area contributed by atoms with Crippen LogP contribution in [-0.4, -0.2) is 26.7 Å². The van der Waals surface area contributed by atoms with E-state index in [-0.39, 0.29) is 18.6 Å². The smallest absolute Gasteiger partial charge is 0.258 e. The van der Waals surface area contributed by atoms with Crippen LogP contribution >= 0.6 is 0 Å². The minimum absolute atomic E-state index is 0.0410. The maximum atomic E-state index is 12.0. The van der Waals surface area contributed by atoms with Crippen molar-refractivity contribution in [3.8, 4) is 17.2 Å². The van der Waals surface area contributed by atoms with Crippen LogP contribution in [0.3, 0.4) is 0 Å². The van der Waals surface area contributed by atoms with Crippen molar-refractivity contribution in [3.05, 3.63) is 54.1 Å². The van der Waals surface area contributed by atoms with E-state index in [2.05, 4.69) is 5.32 Å². The summed E-state index contributed by atoms with van der Waals surface area (Å²) in [6.07, 6.45) is 0. The van der Waals surface area contributed by atoms with Gasteiger partial charge in [0.05, 0.1) is 20.3 Å². The van der Waals surface area contributed by atoms with Crippen LogP contribution < -0.4 is 19.5 Å². The van der Waals surface area contributed by atoms with Crippen molar-refractivity contribution in [2.24, 2.45) is 0 Å². The topological polar surface area (TPSA) is 56.8 Å². The molecule has 0 radical (unpaired) electrons. The van der Waals surface area contributed by atoms with E-state index in [0.29, 0.717) is 17.2 Å². The molecule has 1 atom stereocenters. The first kappa shape index (κ1) is 16.7. The Balaban J connectivity index is 1.98. The van der Waals surface area contributed by atoms with Gasteiger partial charge in [0, 0.05) is 5.56 Å². The molecule has 0 spiro atoms. The average molecular weight is 315 g/mol. The summed E-state index contributed by atoms with van der Waals surface area (Å²) in [6, 6.07) is 14.5. The maximum absolute atomic E-state index is 12.0. The highest BCUT2D eigenvalue weighted by molar-refractivity contribution is 5.78. The summed E-state index contributed by atoms with van der Waals surface area (Å²) >= 11 is 0. The van der Waals surface area contributed by atoms with Crippen LogP contribution in [0.2, 0.25) is 0 Å². The van der Waals surface area contributed by atoms with E-state index >= 15 is 0 Å². The lowest BCUT2D eigenvalue weighted by atomic mass is 10.1. The highest BCUT2D eigenvalue weighted by atomic mass is 16.5. The molecule has 5 heteroatoms. The minimum Gasteiger partial charge on any atom is -0.497 e. The van der Waals surface area contributed by atoms with Gasteiger partial charge in [0.2, 0.25) is 0 Å². The molecule has 0 aliphatic carbocycles. The van der Waals surface area contributed by atoms with E-state index in [9.17, 15) is 4.79 Å². The summed E-state index contributed by atoms with van der Waals surface area (Å²) in [7, 11) is 3.20. The van der Waals surface area contributed by atoms with Gasteiger partial charge < -0.3 is 19.5 Å². The molecule has 5 nitrogen and oxygen atoms in total. The second-order valence-electron chi connectivity index (χ2n) is 5.00. The van der Waals surface area contributed by atoms with E-state index < -0.39 is 0 Å². The Hall–Kier alpha value is -2.69. The molecule has 1 amide bonds. The molecule has 0 aromatic heterocycles. The van der Waals surface area contributed by atoms with Crippen LogP contribution in [0.4, 0.5) is 0 Å². The molecule has 0 saturated carbocycles. The van der Waals surface area contributed by atoms with Gasteiger partial charge in [0.1, 0.15) is 17.2 Å². The van der Waals surface area contributed by atoms with E-state index in [1.54, 1.807) is 14.2 Å². The third kappa shape index (κ3) is 4.64.